The Balaban J connectivity index is 1.41. The number of carbonyl (C=O) groups is 1. The molecular weight excluding hydrogens is 337 g/mol. The summed E-state index contributed by atoms with van der Waals surface area (Å²) in [4.78, 5) is 19.0. The summed E-state index contributed by atoms with van der Waals surface area (Å²) >= 11 is 1.46. The van der Waals surface area contributed by atoms with Crippen LogP contribution < -0.4 is 10.2 Å². The van der Waals surface area contributed by atoms with E-state index in [1.54, 1.807) is 6.07 Å². The molecule has 3 aromatic rings. The van der Waals surface area contributed by atoms with Crippen LogP contribution in [0.25, 0.3) is 10.2 Å². The second kappa shape index (κ2) is 6.44. The zero-order valence-corrected chi connectivity index (χ0v) is 14.6. The van der Waals surface area contributed by atoms with E-state index in [1.807, 2.05) is 24.3 Å². The SMILES string of the molecule is CCc1ccccc1NC(=O)C1CN(c2nc3ccc(F)cc3s2)C1. The van der Waals surface area contributed by atoms with Gasteiger partial charge in [-0.25, -0.2) is 9.37 Å². The molecule has 1 aliphatic rings. The Kier molecular flexibility index (Phi) is 4.13. The van der Waals surface area contributed by atoms with Gasteiger partial charge in [-0.05, 0) is 36.2 Å². The first-order chi connectivity index (χ1) is 12.1. The molecule has 6 heteroatoms. The molecule has 0 spiro atoms. The van der Waals surface area contributed by atoms with Crippen LogP contribution in [0.15, 0.2) is 42.5 Å². The zero-order valence-electron chi connectivity index (χ0n) is 13.8. The summed E-state index contributed by atoms with van der Waals surface area (Å²) in [6, 6.07) is 12.5. The van der Waals surface area contributed by atoms with Crippen LogP contribution in [-0.4, -0.2) is 24.0 Å². The van der Waals surface area contributed by atoms with Crippen molar-refractivity contribution in [2.24, 2.45) is 5.92 Å². The number of rotatable bonds is 4. The van der Waals surface area contributed by atoms with E-state index >= 15 is 0 Å². The van der Waals surface area contributed by atoms with E-state index in [1.165, 1.54) is 23.5 Å². The Morgan fingerprint density at radius 1 is 1.32 bits per heavy atom. The van der Waals surface area contributed by atoms with Crippen molar-refractivity contribution in [1.29, 1.82) is 0 Å². The molecule has 1 aliphatic heterocycles. The Bertz CT molecular complexity index is 933. The van der Waals surface area contributed by atoms with Crippen molar-refractivity contribution in [3.63, 3.8) is 0 Å². The van der Waals surface area contributed by atoms with Gasteiger partial charge in [0, 0.05) is 18.8 Å². The van der Waals surface area contributed by atoms with Crippen LogP contribution in [0.5, 0.6) is 0 Å². The number of benzene rings is 2. The minimum atomic E-state index is -0.252. The molecule has 0 aliphatic carbocycles. The molecule has 0 radical (unpaired) electrons. The highest BCUT2D eigenvalue weighted by Crippen LogP contribution is 2.33. The van der Waals surface area contributed by atoms with Crippen molar-refractivity contribution >= 4 is 38.3 Å². The van der Waals surface area contributed by atoms with E-state index in [0.29, 0.717) is 13.1 Å². The van der Waals surface area contributed by atoms with Gasteiger partial charge in [0.05, 0.1) is 16.1 Å². The number of aryl methyl sites for hydroxylation is 1. The Labute approximate surface area is 149 Å². The number of para-hydroxylation sites is 1. The second-order valence-electron chi connectivity index (χ2n) is 6.21. The highest BCUT2D eigenvalue weighted by atomic mass is 32.1. The van der Waals surface area contributed by atoms with Gasteiger partial charge in [0.15, 0.2) is 5.13 Å². The molecule has 4 nitrogen and oxygen atoms in total. The molecule has 2 aromatic carbocycles. The second-order valence-corrected chi connectivity index (χ2v) is 7.22. The number of hydrogen-bond acceptors (Lipinski definition) is 4. The van der Waals surface area contributed by atoms with E-state index in [0.717, 1.165) is 33.0 Å². The average Bonchev–Trinajstić information content (AvgIpc) is 2.96. The topological polar surface area (TPSA) is 45.2 Å². The smallest absolute Gasteiger partial charge is 0.231 e. The van der Waals surface area contributed by atoms with Crippen LogP contribution in [0, 0.1) is 11.7 Å². The number of carbonyl (C=O) groups excluding carboxylic acids is 1. The van der Waals surface area contributed by atoms with Gasteiger partial charge < -0.3 is 10.2 Å². The van der Waals surface area contributed by atoms with E-state index in [9.17, 15) is 9.18 Å². The molecule has 0 saturated carbocycles. The van der Waals surface area contributed by atoms with Gasteiger partial charge in [-0.2, -0.15) is 0 Å². The monoisotopic (exact) mass is 355 g/mol. The number of thiazole rings is 1. The van der Waals surface area contributed by atoms with Crippen LogP contribution in [-0.2, 0) is 11.2 Å². The molecule has 4 rings (SSSR count). The van der Waals surface area contributed by atoms with E-state index in [-0.39, 0.29) is 17.6 Å². The summed E-state index contributed by atoms with van der Waals surface area (Å²) in [5, 5.41) is 3.88. The third kappa shape index (κ3) is 3.09. The maximum atomic E-state index is 13.3. The summed E-state index contributed by atoms with van der Waals surface area (Å²) in [5.41, 5.74) is 2.83. The third-order valence-electron chi connectivity index (χ3n) is 4.52. The number of hydrogen-bond donors (Lipinski definition) is 1. The third-order valence-corrected chi connectivity index (χ3v) is 5.60. The Morgan fingerprint density at radius 2 is 2.12 bits per heavy atom. The predicted octanol–water partition coefficient (Wildman–Crippen LogP) is 4.07. The number of amides is 1. The quantitative estimate of drug-likeness (QED) is 0.767. The minimum absolute atomic E-state index is 0.0457. The van der Waals surface area contributed by atoms with Gasteiger partial charge in [0.1, 0.15) is 5.82 Å². The molecular formula is C19H18FN3OS. The van der Waals surface area contributed by atoms with Crippen molar-refractivity contribution in [2.75, 3.05) is 23.3 Å². The van der Waals surface area contributed by atoms with Gasteiger partial charge in [0.25, 0.3) is 0 Å². The number of aromatic nitrogens is 1. The average molecular weight is 355 g/mol. The molecule has 1 amide bonds. The highest BCUT2D eigenvalue weighted by Gasteiger charge is 2.34. The van der Waals surface area contributed by atoms with Crippen LogP contribution in [0.3, 0.4) is 0 Å². The van der Waals surface area contributed by atoms with Gasteiger partial charge >= 0.3 is 0 Å². The van der Waals surface area contributed by atoms with Crippen molar-refractivity contribution < 1.29 is 9.18 Å². The summed E-state index contributed by atoms with van der Waals surface area (Å²) in [6.45, 7) is 3.36. The fourth-order valence-corrected chi connectivity index (χ4v) is 4.02. The van der Waals surface area contributed by atoms with Gasteiger partial charge in [-0.1, -0.05) is 36.5 Å². The lowest BCUT2D eigenvalue weighted by Crippen LogP contribution is -2.52. The number of halogens is 1. The number of nitrogens with one attached hydrogen (secondary N) is 1. The molecule has 25 heavy (non-hydrogen) atoms. The van der Waals surface area contributed by atoms with Crippen molar-refractivity contribution in [3.05, 3.63) is 53.8 Å². The maximum absolute atomic E-state index is 13.3. The standard InChI is InChI=1S/C19H18FN3OS/c1-2-12-5-3-4-6-15(12)21-18(24)13-10-23(11-13)19-22-16-8-7-14(20)9-17(16)25-19/h3-9,13H,2,10-11H2,1H3,(H,21,24). The first kappa shape index (κ1) is 16.0. The summed E-state index contributed by atoms with van der Waals surface area (Å²) < 4.78 is 14.1. The normalized spacial score (nSPS) is 14.6. The van der Waals surface area contributed by atoms with Gasteiger partial charge in [-0.3, -0.25) is 4.79 Å². The summed E-state index contributed by atoms with van der Waals surface area (Å²) in [7, 11) is 0. The highest BCUT2D eigenvalue weighted by molar-refractivity contribution is 7.22. The number of nitrogens with zero attached hydrogens (tertiary/aromatic N) is 2. The molecule has 1 fully saturated rings. The molecule has 0 unspecified atom stereocenters. The lowest BCUT2D eigenvalue weighted by molar-refractivity contribution is -0.120. The lowest BCUT2D eigenvalue weighted by atomic mass is 9.99. The molecule has 2 heterocycles. The van der Waals surface area contributed by atoms with Gasteiger partial charge in [0.2, 0.25) is 5.91 Å². The van der Waals surface area contributed by atoms with E-state index < -0.39 is 0 Å². The molecule has 0 bridgehead atoms. The fourth-order valence-electron chi connectivity index (χ4n) is 3.01. The largest absolute Gasteiger partial charge is 0.346 e. The fraction of sp³-hybridized carbons (Fsp3) is 0.263. The predicted molar refractivity (Wildman–Crippen MR) is 99.7 cm³/mol. The summed E-state index contributed by atoms with van der Waals surface area (Å²) in [5.74, 6) is -0.254. The van der Waals surface area contributed by atoms with Crippen LogP contribution in [0.4, 0.5) is 15.2 Å². The molecule has 1 N–H and O–H groups in total. The van der Waals surface area contributed by atoms with Crippen molar-refractivity contribution in [1.82, 2.24) is 4.98 Å². The zero-order chi connectivity index (χ0) is 17.4. The Morgan fingerprint density at radius 3 is 2.92 bits per heavy atom. The molecule has 1 saturated heterocycles. The van der Waals surface area contributed by atoms with Gasteiger partial charge in [-0.15, -0.1) is 0 Å². The molecule has 0 atom stereocenters. The molecule has 1 aromatic heterocycles. The van der Waals surface area contributed by atoms with E-state index in [4.69, 9.17) is 0 Å². The minimum Gasteiger partial charge on any atom is -0.346 e. The number of anilines is 2. The first-order valence-corrected chi connectivity index (χ1v) is 9.15. The summed E-state index contributed by atoms with van der Waals surface area (Å²) in [6.07, 6.45) is 0.884. The first-order valence-electron chi connectivity index (χ1n) is 8.34. The van der Waals surface area contributed by atoms with Crippen LogP contribution in [0.1, 0.15) is 12.5 Å². The lowest BCUT2D eigenvalue weighted by Gasteiger charge is -2.38. The Hall–Kier alpha value is -2.47. The molecule has 128 valence electrons. The van der Waals surface area contributed by atoms with Crippen LogP contribution >= 0.6 is 11.3 Å². The van der Waals surface area contributed by atoms with Crippen molar-refractivity contribution in [2.45, 2.75) is 13.3 Å². The van der Waals surface area contributed by atoms with Crippen LogP contribution in [0.2, 0.25) is 0 Å². The van der Waals surface area contributed by atoms with Crippen molar-refractivity contribution in [3.8, 4) is 0 Å². The maximum Gasteiger partial charge on any atom is 0.231 e. The van der Waals surface area contributed by atoms with E-state index in [2.05, 4.69) is 22.1 Å². The number of fused-ring (bicyclic) bond motifs is 1.